The van der Waals surface area contributed by atoms with Crippen LogP contribution in [0.3, 0.4) is 0 Å². The number of likely N-dealkylation sites (tertiary alicyclic amines) is 1. The summed E-state index contributed by atoms with van der Waals surface area (Å²) in [5.41, 5.74) is 0. The van der Waals surface area contributed by atoms with Gasteiger partial charge in [0, 0.05) is 17.8 Å². The number of piperidine rings is 1. The minimum Gasteiger partial charge on any atom is -0.354 e. The van der Waals surface area contributed by atoms with E-state index in [9.17, 15) is 4.79 Å². The Bertz CT molecular complexity index is 372. The molecule has 1 N–H and O–H groups in total. The fourth-order valence-electron chi connectivity index (χ4n) is 2.65. The molecule has 1 atom stereocenters. The molecule has 1 amide bonds. The second-order valence-electron chi connectivity index (χ2n) is 5.18. The van der Waals surface area contributed by atoms with E-state index in [1.807, 2.05) is 6.92 Å². The Morgan fingerprint density at radius 3 is 2.84 bits per heavy atom. The van der Waals surface area contributed by atoms with Gasteiger partial charge in [0.2, 0.25) is 5.91 Å². The average molecular weight is 280 g/mol. The first-order valence-corrected chi connectivity index (χ1v) is 8.23. The van der Waals surface area contributed by atoms with E-state index < -0.39 is 0 Å². The van der Waals surface area contributed by atoms with Crippen LogP contribution in [0.2, 0.25) is 0 Å². The summed E-state index contributed by atoms with van der Waals surface area (Å²) >= 11 is 1.80. The maximum Gasteiger partial charge on any atom is 0.220 e. The molecule has 1 aromatic heterocycles. The summed E-state index contributed by atoms with van der Waals surface area (Å²) in [7, 11) is 0. The molecule has 0 saturated carbocycles. The first-order chi connectivity index (χ1) is 9.31. The SMILES string of the molecule is CCCC(=O)NCC(c1cccs1)N1CCCCC1. The molecule has 0 aromatic carbocycles. The Hall–Kier alpha value is -0.870. The molecule has 0 spiro atoms. The van der Waals surface area contributed by atoms with Gasteiger partial charge in [0.05, 0.1) is 6.04 Å². The maximum absolute atomic E-state index is 11.7. The zero-order chi connectivity index (χ0) is 13.5. The normalized spacial score (nSPS) is 18.2. The number of carbonyl (C=O) groups is 1. The van der Waals surface area contributed by atoms with Gasteiger partial charge in [-0.25, -0.2) is 0 Å². The van der Waals surface area contributed by atoms with E-state index in [2.05, 4.69) is 27.7 Å². The number of amides is 1. The van der Waals surface area contributed by atoms with Crippen LogP contribution in [0.15, 0.2) is 17.5 Å². The molecule has 0 bridgehead atoms. The van der Waals surface area contributed by atoms with Gasteiger partial charge in [-0.3, -0.25) is 9.69 Å². The van der Waals surface area contributed by atoms with E-state index in [0.29, 0.717) is 12.5 Å². The van der Waals surface area contributed by atoms with E-state index in [1.54, 1.807) is 11.3 Å². The van der Waals surface area contributed by atoms with Gasteiger partial charge in [-0.1, -0.05) is 19.4 Å². The van der Waals surface area contributed by atoms with Gasteiger partial charge in [-0.15, -0.1) is 11.3 Å². The molecule has 106 valence electrons. The van der Waals surface area contributed by atoms with Crippen LogP contribution in [0.4, 0.5) is 0 Å². The first-order valence-electron chi connectivity index (χ1n) is 7.35. The number of rotatable bonds is 6. The van der Waals surface area contributed by atoms with Crippen LogP contribution < -0.4 is 5.32 Å². The van der Waals surface area contributed by atoms with Gasteiger partial charge < -0.3 is 5.32 Å². The van der Waals surface area contributed by atoms with Crippen molar-refractivity contribution in [2.24, 2.45) is 0 Å². The van der Waals surface area contributed by atoms with Gasteiger partial charge in [-0.2, -0.15) is 0 Å². The van der Waals surface area contributed by atoms with Crippen LogP contribution in [0, 0.1) is 0 Å². The van der Waals surface area contributed by atoms with Crippen LogP contribution in [0.1, 0.15) is 49.9 Å². The van der Waals surface area contributed by atoms with Crippen LogP contribution >= 0.6 is 11.3 Å². The van der Waals surface area contributed by atoms with E-state index in [0.717, 1.165) is 26.1 Å². The van der Waals surface area contributed by atoms with Crippen molar-refractivity contribution in [3.63, 3.8) is 0 Å². The van der Waals surface area contributed by atoms with Crippen LogP contribution in [0.5, 0.6) is 0 Å². The van der Waals surface area contributed by atoms with E-state index >= 15 is 0 Å². The Kier molecular flexibility index (Phi) is 5.86. The number of carbonyl (C=O) groups excluding carboxylic acids is 1. The molecule has 3 nitrogen and oxygen atoms in total. The standard InChI is InChI=1S/C15H24N2OS/c1-2-7-15(18)16-12-13(14-8-6-11-19-14)17-9-4-3-5-10-17/h6,8,11,13H,2-5,7,9-10,12H2,1H3,(H,16,18). The van der Waals surface area contributed by atoms with Gasteiger partial charge in [0.25, 0.3) is 0 Å². The number of thiophene rings is 1. The third-order valence-electron chi connectivity index (χ3n) is 3.67. The monoisotopic (exact) mass is 280 g/mol. The van der Waals surface area contributed by atoms with Gasteiger partial charge in [0.15, 0.2) is 0 Å². The summed E-state index contributed by atoms with van der Waals surface area (Å²) in [6, 6.07) is 4.65. The molecule has 1 fully saturated rings. The van der Waals surface area contributed by atoms with Crippen molar-refractivity contribution in [3.05, 3.63) is 22.4 Å². The predicted molar refractivity (Wildman–Crippen MR) is 80.4 cm³/mol. The molecular weight excluding hydrogens is 256 g/mol. The Morgan fingerprint density at radius 2 is 2.21 bits per heavy atom. The predicted octanol–water partition coefficient (Wildman–Crippen LogP) is 3.19. The second-order valence-corrected chi connectivity index (χ2v) is 6.16. The largest absolute Gasteiger partial charge is 0.354 e. The first kappa shape index (κ1) is 14.5. The van der Waals surface area contributed by atoms with Crippen molar-refractivity contribution in [1.82, 2.24) is 10.2 Å². The summed E-state index contributed by atoms with van der Waals surface area (Å²) in [5, 5.41) is 5.22. The molecule has 1 aromatic rings. The highest BCUT2D eigenvalue weighted by molar-refractivity contribution is 7.10. The number of nitrogens with zero attached hydrogens (tertiary/aromatic N) is 1. The summed E-state index contributed by atoms with van der Waals surface area (Å²) in [5.74, 6) is 0.182. The topological polar surface area (TPSA) is 32.3 Å². The fraction of sp³-hybridized carbons (Fsp3) is 0.667. The van der Waals surface area contributed by atoms with E-state index in [1.165, 1.54) is 24.1 Å². The maximum atomic E-state index is 11.7. The highest BCUT2D eigenvalue weighted by atomic mass is 32.1. The summed E-state index contributed by atoms with van der Waals surface area (Å²) < 4.78 is 0. The quantitative estimate of drug-likeness (QED) is 0.868. The van der Waals surface area contributed by atoms with Crippen molar-refractivity contribution in [1.29, 1.82) is 0 Å². The highest BCUT2D eigenvalue weighted by Crippen LogP contribution is 2.27. The van der Waals surface area contributed by atoms with E-state index in [-0.39, 0.29) is 5.91 Å². The molecule has 2 rings (SSSR count). The lowest BCUT2D eigenvalue weighted by Crippen LogP contribution is -2.40. The highest BCUT2D eigenvalue weighted by Gasteiger charge is 2.23. The minimum atomic E-state index is 0.182. The number of hydrogen-bond donors (Lipinski definition) is 1. The lowest BCUT2D eigenvalue weighted by molar-refractivity contribution is -0.121. The van der Waals surface area contributed by atoms with Crippen molar-refractivity contribution < 1.29 is 4.79 Å². The average Bonchev–Trinajstić information content (AvgIpc) is 2.94. The smallest absolute Gasteiger partial charge is 0.220 e. The molecule has 1 saturated heterocycles. The third kappa shape index (κ3) is 4.32. The molecule has 2 heterocycles. The molecule has 1 aliphatic heterocycles. The van der Waals surface area contributed by atoms with Crippen LogP contribution in [0.25, 0.3) is 0 Å². The second kappa shape index (κ2) is 7.65. The Labute approximate surface area is 120 Å². The minimum absolute atomic E-state index is 0.182. The van der Waals surface area contributed by atoms with E-state index in [4.69, 9.17) is 0 Å². The zero-order valence-corrected chi connectivity index (χ0v) is 12.5. The van der Waals surface area contributed by atoms with Crippen molar-refractivity contribution in [3.8, 4) is 0 Å². The molecule has 1 aliphatic rings. The fourth-order valence-corrected chi connectivity index (χ4v) is 3.51. The van der Waals surface area contributed by atoms with Gasteiger partial charge in [-0.05, 0) is 43.8 Å². The molecule has 0 aliphatic carbocycles. The Morgan fingerprint density at radius 1 is 1.42 bits per heavy atom. The van der Waals surface area contributed by atoms with Crippen molar-refractivity contribution in [2.45, 2.75) is 45.1 Å². The molecular formula is C15H24N2OS. The summed E-state index contributed by atoms with van der Waals surface area (Å²) in [6.07, 6.45) is 5.46. The molecule has 1 unspecified atom stereocenters. The van der Waals surface area contributed by atoms with Crippen molar-refractivity contribution >= 4 is 17.2 Å². The lowest BCUT2D eigenvalue weighted by atomic mass is 10.1. The summed E-state index contributed by atoms with van der Waals surface area (Å²) in [6.45, 7) is 5.11. The van der Waals surface area contributed by atoms with Gasteiger partial charge >= 0.3 is 0 Å². The molecule has 19 heavy (non-hydrogen) atoms. The molecule has 0 radical (unpaired) electrons. The number of nitrogens with one attached hydrogen (secondary N) is 1. The van der Waals surface area contributed by atoms with Crippen LogP contribution in [-0.2, 0) is 4.79 Å². The van der Waals surface area contributed by atoms with Crippen molar-refractivity contribution in [2.75, 3.05) is 19.6 Å². The third-order valence-corrected chi connectivity index (χ3v) is 4.65. The lowest BCUT2D eigenvalue weighted by Gasteiger charge is -2.34. The zero-order valence-electron chi connectivity index (χ0n) is 11.7. The van der Waals surface area contributed by atoms with Crippen LogP contribution in [-0.4, -0.2) is 30.4 Å². The van der Waals surface area contributed by atoms with Gasteiger partial charge in [0.1, 0.15) is 0 Å². The molecule has 4 heteroatoms. The number of hydrogen-bond acceptors (Lipinski definition) is 3. The Balaban J connectivity index is 1.96. The summed E-state index contributed by atoms with van der Waals surface area (Å²) in [4.78, 5) is 15.6.